The summed E-state index contributed by atoms with van der Waals surface area (Å²) < 4.78 is 5.23. The number of nitrogens with one attached hydrogen (secondary N) is 2. The number of amides is 2. The van der Waals surface area contributed by atoms with Crippen molar-refractivity contribution < 1.29 is 14.4 Å². The minimum absolute atomic E-state index is 0.0174. The standard InChI is InChI=1S/C17H24N4O3/c1-11(10-22)12(2)18-17(23)19-13(3)16-20-15(21-24-16)9-14-7-5-4-6-8-14/h4-8,11-13,22H,9-10H2,1-3H3,(H2,18,19,23). The van der Waals surface area contributed by atoms with E-state index in [2.05, 4.69) is 20.8 Å². The summed E-state index contributed by atoms with van der Waals surface area (Å²) in [5.74, 6) is 0.915. The van der Waals surface area contributed by atoms with Crippen LogP contribution in [0.2, 0.25) is 0 Å². The first-order chi connectivity index (χ1) is 11.5. The molecule has 24 heavy (non-hydrogen) atoms. The Balaban J connectivity index is 1.89. The van der Waals surface area contributed by atoms with E-state index in [1.807, 2.05) is 44.2 Å². The van der Waals surface area contributed by atoms with Crippen molar-refractivity contribution in [3.05, 3.63) is 47.6 Å². The molecule has 0 bridgehead atoms. The van der Waals surface area contributed by atoms with Crippen molar-refractivity contribution in [3.8, 4) is 0 Å². The largest absolute Gasteiger partial charge is 0.396 e. The second-order valence-corrected chi connectivity index (χ2v) is 6.00. The van der Waals surface area contributed by atoms with Crippen molar-refractivity contribution in [1.82, 2.24) is 20.8 Å². The van der Waals surface area contributed by atoms with E-state index in [1.165, 1.54) is 0 Å². The predicted octanol–water partition coefficient (Wildman–Crippen LogP) is 2.04. The monoisotopic (exact) mass is 332 g/mol. The van der Waals surface area contributed by atoms with E-state index in [1.54, 1.807) is 6.92 Å². The summed E-state index contributed by atoms with van der Waals surface area (Å²) in [6, 6.07) is 8.98. The summed E-state index contributed by atoms with van der Waals surface area (Å²) >= 11 is 0. The van der Waals surface area contributed by atoms with Crippen LogP contribution in [0.4, 0.5) is 4.79 Å². The van der Waals surface area contributed by atoms with Crippen molar-refractivity contribution >= 4 is 6.03 Å². The Morgan fingerprint density at radius 2 is 1.92 bits per heavy atom. The Morgan fingerprint density at radius 1 is 1.21 bits per heavy atom. The first-order valence-corrected chi connectivity index (χ1v) is 8.04. The van der Waals surface area contributed by atoms with Gasteiger partial charge in [0.25, 0.3) is 0 Å². The number of carbonyl (C=O) groups excluding carboxylic acids is 1. The second-order valence-electron chi connectivity index (χ2n) is 6.00. The minimum Gasteiger partial charge on any atom is -0.396 e. The number of rotatable bonds is 7. The third-order valence-electron chi connectivity index (χ3n) is 3.91. The van der Waals surface area contributed by atoms with Crippen LogP contribution in [0.5, 0.6) is 0 Å². The quantitative estimate of drug-likeness (QED) is 0.720. The van der Waals surface area contributed by atoms with E-state index in [9.17, 15) is 4.79 Å². The van der Waals surface area contributed by atoms with E-state index in [0.29, 0.717) is 18.1 Å². The van der Waals surface area contributed by atoms with Gasteiger partial charge >= 0.3 is 6.03 Å². The number of aliphatic hydroxyl groups excluding tert-OH is 1. The Morgan fingerprint density at radius 3 is 2.58 bits per heavy atom. The molecular weight excluding hydrogens is 308 g/mol. The van der Waals surface area contributed by atoms with Crippen molar-refractivity contribution in [2.24, 2.45) is 5.92 Å². The zero-order chi connectivity index (χ0) is 17.5. The number of benzene rings is 1. The molecule has 0 spiro atoms. The highest BCUT2D eigenvalue weighted by molar-refractivity contribution is 5.74. The first-order valence-electron chi connectivity index (χ1n) is 8.04. The summed E-state index contributed by atoms with van der Waals surface area (Å²) in [5, 5.41) is 18.6. The number of carbonyl (C=O) groups is 1. The van der Waals surface area contributed by atoms with Crippen LogP contribution >= 0.6 is 0 Å². The van der Waals surface area contributed by atoms with Gasteiger partial charge in [-0.25, -0.2) is 4.79 Å². The Bertz CT molecular complexity index is 644. The topological polar surface area (TPSA) is 100 Å². The van der Waals surface area contributed by atoms with Crippen molar-refractivity contribution in [2.75, 3.05) is 6.61 Å². The summed E-state index contributed by atoms with van der Waals surface area (Å²) in [5.41, 5.74) is 1.09. The lowest BCUT2D eigenvalue weighted by Gasteiger charge is -2.20. The van der Waals surface area contributed by atoms with Crippen LogP contribution in [0, 0.1) is 5.92 Å². The highest BCUT2D eigenvalue weighted by Crippen LogP contribution is 2.12. The molecule has 0 aliphatic rings. The van der Waals surface area contributed by atoms with Gasteiger partial charge in [0.15, 0.2) is 5.82 Å². The first kappa shape index (κ1) is 17.9. The highest BCUT2D eigenvalue weighted by Gasteiger charge is 2.19. The van der Waals surface area contributed by atoms with Gasteiger partial charge in [0.2, 0.25) is 5.89 Å². The Kier molecular flexibility index (Phi) is 6.31. The van der Waals surface area contributed by atoms with Crippen LogP contribution in [-0.2, 0) is 6.42 Å². The van der Waals surface area contributed by atoms with Crippen LogP contribution in [0.15, 0.2) is 34.9 Å². The average molecular weight is 332 g/mol. The summed E-state index contributed by atoms with van der Waals surface area (Å²) in [6.45, 7) is 5.50. The van der Waals surface area contributed by atoms with Gasteiger partial charge in [-0.3, -0.25) is 0 Å². The van der Waals surface area contributed by atoms with Gasteiger partial charge in [-0.2, -0.15) is 4.98 Å². The molecule has 1 aromatic heterocycles. The van der Waals surface area contributed by atoms with E-state index >= 15 is 0 Å². The molecule has 3 N–H and O–H groups in total. The van der Waals surface area contributed by atoms with Gasteiger partial charge in [-0.1, -0.05) is 42.4 Å². The zero-order valence-corrected chi connectivity index (χ0v) is 14.2. The van der Waals surface area contributed by atoms with Crippen LogP contribution in [-0.4, -0.2) is 33.9 Å². The van der Waals surface area contributed by atoms with Crippen LogP contribution in [0.25, 0.3) is 0 Å². The molecular formula is C17H24N4O3. The maximum absolute atomic E-state index is 12.0. The number of urea groups is 1. The smallest absolute Gasteiger partial charge is 0.315 e. The summed E-state index contributed by atoms with van der Waals surface area (Å²) in [6.07, 6.45) is 0.578. The maximum Gasteiger partial charge on any atom is 0.315 e. The van der Waals surface area contributed by atoms with Crippen LogP contribution < -0.4 is 10.6 Å². The fraction of sp³-hybridized carbons (Fsp3) is 0.471. The SMILES string of the molecule is CC(NC(=O)NC(C)C(C)CO)c1nc(Cc2ccccc2)no1. The highest BCUT2D eigenvalue weighted by atomic mass is 16.5. The molecule has 0 aliphatic heterocycles. The fourth-order valence-corrected chi connectivity index (χ4v) is 2.10. The lowest BCUT2D eigenvalue weighted by Crippen LogP contribution is -2.45. The van der Waals surface area contributed by atoms with Crippen molar-refractivity contribution in [3.63, 3.8) is 0 Å². The molecule has 3 unspecified atom stereocenters. The van der Waals surface area contributed by atoms with E-state index in [4.69, 9.17) is 9.63 Å². The number of aliphatic hydroxyl groups is 1. The van der Waals surface area contributed by atoms with Gasteiger partial charge in [0.05, 0.1) is 0 Å². The third kappa shape index (κ3) is 5.06. The molecule has 3 atom stereocenters. The molecule has 2 aromatic rings. The second kappa shape index (κ2) is 8.44. The molecule has 1 aromatic carbocycles. The minimum atomic E-state index is -0.404. The van der Waals surface area contributed by atoms with Crippen LogP contribution in [0.1, 0.15) is 44.1 Å². The van der Waals surface area contributed by atoms with Gasteiger partial charge in [-0.05, 0) is 25.3 Å². The molecule has 0 radical (unpaired) electrons. The summed E-state index contributed by atoms with van der Waals surface area (Å²) in [4.78, 5) is 16.3. The van der Waals surface area contributed by atoms with Crippen molar-refractivity contribution in [2.45, 2.75) is 39.3 Å². The lowest BCUT2D eigenvalue weighted by molar-refractivity contribution is 0.198. The molecule has 1 heterocycles. The zero-order valence-electron chi connectivity index (χ0n) is 14.2. The summed E-state index contributed by atoms with van der Waals surface area (Å²) in [7, 11) is 0. The molecule has 0 saturated heterocycles. The number of hydrogen-bond donors (Lipinski definition) is 3. The number of nitrogens with zero attached hydrogens (tertiary/aromatic N) is 2. The molecule has 7 nitrogen and oxygen atoms in total. The number of hydrogen-bond acceptors (Lipinski definition) is 5. The van der Waals surface area contributed by atoms with E-state index < -0.39 is 6.04 Å². The molecule has 2 amide bonds. The van der Waals surface area contributed by atoms with Crippen molar-refractivity contribution in [1.29, 1.82) is 0 Å². The predicted molar refractivity (Wildman–Crippen MR) is 89.3 cm³/mol. The molecule has 0 fully saturated rings. The van der Waals surface area contributed by atoms with Gasteiger partial charge in [0.1, 0.15) is 6.04 Å². The molecule has 2 rings (SSSR count). The molecule has 0 saturated carbocycles. The normalized spacial score (nSPS) is 14.7. The van der Waals surface area contributed by atoms with E-state index in [0.717, 1.165) is 5.56 Å². The number of aromatic nitrogens is 2. The molecule has 130 valence electrons. The third-order valence-corrected chi connectivity index (χ3v) is 3.91. The molecule has 7 heteroatoms. The average Bonchev–Trinajstić information content (AvgIpc) is 3.03. The van der Waals surface area contributed by atoms with E-state index in [-0.39, 0.29) is 24.6 Å². The molecule has 0 aliphatic carbocycles. The fourth-order valence-electron chi connectivity index (χ4n) is 2.10. The van der Waals surface area contributed by atoms with Gasteiger partial charge in [0, 0.05) is 19.1 Å². The van der Waals surface area contributed by atoms with Crippen LogP contribution in [0.3, 0.4) is 0 Å². The lowest BCUT2D eigenvalue weighted by atomic mass is 10.1. The Labute approximate surface area is 141 Å². The van der Waals surface area contributed by atoms with Gasteiger partial charge in [-0.15, -0.1) is 0 Å². The maximum atomic E-state index is 12.0. The van der Waals surface area contributed by atoms with Gasteiger partial charge < -0.3 is 20.3 Å². The Hall–Kier alpha value is -2.41.